The van der Waals surface area contributed by atoms with Crippen LogP contribution >= 0.6 is 11.3 Å². The van der Waals surface area contributed by atoms with Crippen LogP contribution in [0.4, 0.5) is 0 Å². The molecule has 154 valence electrons. The minimum absolute atomic E-state index is 0.297. The number of aryl methyl sites for hydroxylation is 1. The number of likely N-dealkylation sites (N-methyl/N-ethyl adjacent to an activating group) is 1. The molecular formula is C23H34N2O2S. The van der Waals surface area contributed by atoms with Gasteiger partial charge in [-0.3, -0.25) is 4.79 Å². The molecule has 2 saturated carbocycles. The van der Waals surface area contributed by atoms with Crippen LogP contribution in [0.25, 0.3) is 0 Å². The lowest BCUT2D eigenvalue weighted by molar-refractivity contribution is -0.0493. The van der Waals surface area contributed by atoms with Crippen molar-refractivity contribution in [1.82, 2.24) is 9.80 Å². The van der Waals surface area contributed by atoms with Crippen LogP contribution in [0.1, 0.15) is 59.3 Å². The van der Waals surface area contributed by atoms with E-state index in [1.54, 1.807) is 0 Å². The van der Waals surface area contributed by atoms with Crippen molar-refractivity contribution >= 4 is 17.2 Å². The number of fused-ring (bicyclic) bond motifs is 2. The normalized spacial score (nSPS) is 32.5. The predicted octanol–water partition coefficient (Wildman–Crippen LogP) is 3.83. The Morgan fingerprint density at radius 2 is 1.93 bits per heavy atom. The highest BCUT2D eigenvalue weighted by molar-refractivity contribution is 7.10. The monoisotopic (exact) mass is 402 g/mol. The van der Waals surface area contributed by atoms with Gasteiger partial charge in [0.25, 0.3) is 5.91 Å². The molecule has 4 atom stereocenters. The quantitative estimate of drug-likeness (QED) is 0.750. The first-order valence-electron chi connectivity index (χ1n) is 11.3. The van der Waals surface area contributed by atoms with Gasteiger partial charge >= 0.3 is 0 Å². The van der Waals surface area contributed by atoms with Crippen molar-refractivity contribution in [2.45, 2.75) is 63.5 Å². The minimum Gasteiger partial charge on any atom is -0.376 e. The Bertz CT molecular complexity index is 726. The molecule has 1 amide bonds. The predicted molar refractivity (Wildman–Crippen MR) is 113 cm³/mol. The molecular weight excluding hydrogens is 368 g/mol. The Morgan fingerprint density at radius 1 is 1.18 bits per heavy atom. The minimum atomic E-state index is 0.297. The molecule has 0 radical (unpaired) electrons. The Balaban J connectivity index is 1.27. The molecule has 5 rings (SSSR count). The van der Waals surface area contributed by atoms with Crippen LogP contribution in [0.15, 0.2) is 5.38 Å². The molecule has 0 spiro atoms. The van der Waals surface area contributed by atoms with E-state index in [1.165, 1.54) is 49.0 Å². The Labute approximate surface area is 173 Å². The van der Waals surface area contributed by atoms with Gasteiger partial charge in [0.05, 0.1) is 11.7 Å². The third-order valence-corrected chi connectivity index (χ3v) is 8.66. The maximum absolute atomic E-state index is 13.3. The first-order chi connectivity index (χ1) is 13.6. The second-order valence-corrected chi connectivity index (χ2v) is 10.8. The lowest BCUT2D eigenvalue weighted by Crippen LogP contribution is -2.48. The number of carbonyl (C=O) groups is 1. The first kappa shape index (κ1) is 19.1. The van der Waals surface area contributed by atoms with Gasteiger partial charge in [0.1, 0.15) is 0 Å². The second-order valence-electron chi connectivity index (χ2n) is 9.81. The number of hydrogen-bond donors (Lipinski definition) is 0. The van der Waals surface area contributed by atoms with Crippen LogP contribution in [0.3, 0.4) is 0 Å². The van der Waals surface area contributed by atoms with Crippen LogP contribution in [-0.4, -0.2) is 61.6 Å². The van der Waals surface area contributed by atoms with Crippen molar-refractivity contribution in [3.8, 4) is 0 Å². The van der Waals surface area contributed by atoms with E-state index in [1.807, 2.05) is 11.3 Å². The van der Waals surface area contributed by atoms with Crippen LogP contribution in [-0.2, 0) is 17.6 Å². The van der Waals surface area contributed by atoms with Gasteiger partial charge in [0, 0.05) is 36.0 Å². The maximum Gasteiger partial charge on any atom is 0.255 e. The summed E-state index contributed by atoms with van der Waals surface area (Å²) in [5.41, 5.74) is 2.39. The van der Waals surface area contributed by atoms with Crippen molar-refractivity contribution in [2.75, 3.05) is 33.8 Å². The fraction of sp³-hybridized carbons (Fsp3) is 0.783. The molecule has 0 bridgehead atoms. The van der Waals surface area contributed by atoms with Gasteiger partial charge in [-0.15, -0.1) is 11.3 Å². The summed E-state index contributed by atoms with van der Waals surface area (Å²) in [5.74, 6) is 2.35. The average Bonchev–Trinajstić information content (AvgIpc) is 3.27. The number of ether oxygens (including phenoxy) is 1. The number of thiophene rings is 1. The molecule has 1 aromatic heterocycles. The summed E-state index contributed by atoms with van der Waals surface area (Å²) < 4.78 is 6.39. The SMILES string of the molecule is CN(C)[C@@H]1C[C@@H]2CN(C(=O)c3csc4c3CCCC4)C[C@@H]2C[C@H]1OCC1CC1. The van der Waals surface area contributed by atoms with Gasteiger partial charge in [0.2, 0.25) is 0 Å². The molecule has 0 N–H and O–H groups in total. The summed E-state index contributed by atoms with van der Waals surface area (Å²) in [6.07, 6.45) is 10.1. The topological polar surface area (TPSA) is 32.8 Å². The van der Waals surface area contributed by atoms with E-state index in [0.717, 1.165) is 44.0 Å². The molecule has 4 aliphatic rings. The van der Waals surface area contributed by atoms with Gasteiger partial charge in [-0.05, 0) is 88.8 Å². The highest BCUT2D eigenvalue weighted by Gasteiger charge is 2.45. The van der Waals surface area contributed by atoms with E-state index < -0.39 is 0 Å². The van der Waals surface area contributed by atoms with E-state index >= 15 is 0 Å². The molecule has 2 heterocycles. The van der Waals surface area contributed by atoms with Gasteiger partial charge in [-0.1, -0.05) is 0 Å². The van der Waals surface area contributed by atoms with E-state index in [2.05, 4.69) is 29.3 Å². The molecule has 1 aromatic rings. The lowest BCUT2D eigenvalue weighted by atomic mass is 9.77. The lowest BCUT2D eigenvalue weighted by Gasteiger charge is -2.41. The van der Waals surface area contributed by atoms with Gasteiger partial charge < -0.3 is 14.5 Å². The number of nitrogens with zero attached hydrogens (tertiary/aromatic N) is 2. The number of hydrogen-bond acceptors (Lipinski definition) is 4. The summed E-state index contributed by atoms with van der Waals surface area (Å²) in [6.45, 7) is 2.81. The smallest absolute Gasteiger partial charge is 0.255 e. The van der Waals surface area contributed by atoms with E-state index in [-0.39, 0.29) is 0 Å². The number of carbonyl (C=O) groups excluding carboxylic acids is 1. The maximum atomic E-state index is 13.3. The Hall–Kier alpha value is -0.910. The summed E-state index contributed by atoms with van der Waals surface area (Å²) in [6, 6.07) is 0.490. The van der Waals surface area contributed by atoms with Crippen molar-refractivity contribution < 1.29 is 9.53 Å². The van der Waals surface area contributed by atoms with Gasteiger partial charge in [-0.25, -0.2) is 0 Å². The molecule has 0 unspecified atom stereocenters. The number of amides is 1. The second kappa shape index (κ2) is 7.73. The first-order valence-corrected chi connectivity index (χ1v) is 12.1. The standard InChI is InChI=1S/C23H34N2O2S/c1-24(2)20-9-16-11-25(12-17(16)10-21(20)27-13-15-7-8-15)23(26)19-14-28-22-6-4-3-5-18(19)22/h14-17,20-21H,3-13H2,1-2H3/t16-,17+,20-,21-/m1/s1. The molecule has 28 heavy (non-hydrogen) atoms. The molecule has 3 fully saturated rings. The van der Waals surface area contributed by atoms with E-state index in [4.69, 9.17) is 4.74 Å². The number of rotatable bonds is 5. The summed E-state index contributed by atoms with van der Waals surface area (Å²) in [5, 5.41) is 2.14. The third kappa shape index (κ3) is 3.66. The Morgan fingerprint density at radius 3 is 2.68 bits per heavy atom. The highest BCUT2D eigenvalue weighted by atomic mass is 32.1. The summed E-state index contributed by atoms with van der Waals surface area (Å²) in [7, 11) is 4.38. The van der Waals surface area contributed by atoms with Crippen molar-refractivity contribution in [2.24, 2.45) is 17.8 Å². The van der Waals surface area contributed by atoms with Gasteiger partial charge in [0.15, 0.2) is 0 Å². The molecule has 5 heteroatoms. The zero-order valence-corrected chi connectivity index (χ0v) is 18.2. The zero-order chi connectivity index (χ0) is 19.3. The van der Waals surface area contributed by atoms with Crippen LogP contribution in [0.5, 0.6) is 0 Å². The summed E-state index contributed by atoms with van der Waals surface area (Å²) in [4.78, 5) is 19.3. The van der Waals surface area contributed by atoms with Crippen LogP contribution < -0.4 is 0 Å². The summed E-state index contributed by atoms with van der Waals surface area (Å²) >= 11 is 1.81. The fourth-order valence-corrected chi connectivity index (χ4v) is 6.79. The number of likely N-dealkylation sites (tertiary alicyclic amines) is 1. The average molecular weight is 403 g/mol. The van der Waals surface area contributed by atoms with Crippen molar-refractivity contribution in [3.05, 3.63) is 21.4 Å². The Kier molecular flexibility index (Phi) is 5.27. The molecule has 1 saturated heterocycles. The molecule has 4 nitrogen and oxygen atoms in total. The fourth-order valence-electron chi connectivity index (χ4n) is 5.67. The third-order valence-electron chi connectivity index (χ3n) is 7.57. The van der Waals surface area contributed by atoms with Gasteiger partial charge in [-0.2, -0.15) is 0 Å². The van der Waals surface area contributed by atoms with Crippen molar-refractivity contribution in [3.63, 3.8) is 0 Å². The van der Waals surface area contributed by atoms with Crippen LogP contribution in [0, 0.1) is 17.8 Å². The largest absolute Gasteiger partial charge is 0.376 e. The van der Waals surface area contributed by atoms with Crippen molar-refractivity contribution in [1.29, 1.82) is 0 Å². The molecule has 0 aromatic carbocycles. The van der Waals surface area contributed by atoms with E-state index in [9.17, 15) is 4.79 Å². The highest BCUT2D eigenvalue weighted by Crippen LogP contribution is 2.41. The van der Waals surface area contributed by atoms with E-state index in [0.29, 0.717) is 29.9 Å². The van der Waals surface area contributed by atoms with Crippen LogP contribution in [0.2, 0.25) is 0 Å². The molecule has 1 aliphatic heterocycles. The molecule has 3 aliphatic carbocycles. The zero-order valence-electron chi connectivity index (χ0n) is 17.4.